The summed E-state index contributed by atoms with van der Waals surface area (Å²) >= 11 is 1.40. The molecular formula is C16H15N5O3S. The smallest absolute Gasteiger partial charge is 0.316 e. The van der Waals surface area contributed by atoms with Crippen molar-refractivity contribution in [3.63, 3.8) is 0 Å². The zero-order valence-electron chi connectivity index (χ0n) is 13.1. The highest BCUT2D eigenvalue weighted by Crippen LogP contribution is 2.15. The van der Waals surface area contributed by atoms with E-state index in [-0.39, 0.29) is 24.4 Å². The van der Waals surface area contributed by atoms with E-state index in [0.717, 1.165) is 0 Å². The van der Waals surface area contributed by atoms with Crippen LogP contribution >= 0.6 is 11.3 Å². The molecule has 0 unspecified atom stereocenters. The first-order valence-corrected chi connectivity index (χ1v) is 8.30. The summed E-state index contributed by atoms with van der Waals surface area (Å²) in [6.07, 6.45) is 1.57. The monoisotopic (exact) mass is 357 g/mol. The molecule has 128 valence electrons. The number of primary amides is 1. The normalized spacial score (nSPS) is 10.6. The summed E-state index contributed by atoms with van der Waals surface area (Å²) in [5.74, 6) is -0.256. The van der Waals surface area contributed by atoms with Gasteiger partial charge in [-0.3, -0.25) is 14.2 Å². The number of hydrogen-bond donors (Lipinski definition) is 3. The van der Waals surface area contributed by atoms with Gasteiger partial charge in [-0.1, -0.05) is 6.07 Å². The number of anilines is 2. The molecule has 0 aliphatic carbocycles. The number of urea groups is 1. The van der Waals surface area contributed by atoms with Crippen molar-refractivity contribution in [2.24, 2.45) is 5.73 Å². The molecule has 0 fully saturated rings. The first-order valence-electron chi connectivity index (χ1n) is 7.42. The van der Waals surface area contributed by atoms with Gasteiger partial charge < -0.3 is 16.4 Å². The van der Waals surface area contributed by atoms with Crippen LogP contribution in [-0.2, 0) is 11.3 Å². The average molecular weight is 357 g/mol. The van der Waals surface area contributed by atoms with E-state index >= 15 is 0 Å². The number of aromatic nitrogens is 2. The second-order valence-corrected chi connectivity index (χ2v) is 6.15. The number of nitrogens with one attached hydrogen (secondary N) is 2. The molecule has 0 saturated carbocycles. The van der Waals surface area contributed by atoms with Crippen LogP contribution in [0, 0.1) is 0 Å². The molecular weight excluding hydrogens is 342 g/mol. The van der Waals surface area contributed by atoms with E-state index < -0.39 is 6.03 Å². The maximum atomic E-state index is 12.3. The van der Waals surface area contributed by atoms with Crippen molar-refractivity contribution >= 4 is 44.9 Å². The van der Waals surface area contributed by atoms with Gasteiger partial charge in [0, 0.05) is 24.3 Å². The van der Waals surface area contributed by atoms with Crippen LogP contribution in [0.5, 0.6) is 0 Å². The van der Waals surface area contributed by atoms with Crippen LogP contribution in [0.25, 0.3) is 10.2 Å². The molecule has 3 rings (SSSR count). The van der Waals surface area contributed by atoms with Crippen LogP contribution in [0.15, 0.2) is 46.8 Å². The van der Waals surface area contributed by atoms with E-state index in [2.05, 4.69) is 15.6 Å². The maximum Gasteiger partial charge on any atom is 0.316 e. The summed E-state index contributed by atoms with van der Waals surface area (Å²) in [5.41, 5.74) is 5.90. The fourth-order valence-electron chi connectivity index (χ4n) is 2.32. The molecule has 0 bridgehead atoms. The third kappa shape index (κ3) is 4.01. The lowest BCUT2D eigenvalue weighted by molar-refractivity contribution is -0.116. The summed E-state index contributed by atoms with van der Waals surface area (Å²) in [5, 5.41) is 7.51. The minimum absolute atomic E-state index is 0.116. The predicted octanol–water partition coefficient (Wildman–Crippen LogP) is 1.98. The molecule has 2 aromatic heterocycles. The molecule has 25 heavy (non-hydrogen) atoms. The minimum Gasteiger partial charge on any atom is -0.351 e. The zero-order valence-corrected chi connectivity index (χ0v) is 13.9. The molecule has 0 radical (unpaired) electrons. The van der Waals surface area contributed by atoms with Crippen LogP contribution in [0.3, 0.4) is 0 Å². The van der Waals surface area contributed by atoms with Gasteiger partial charge in [-0.2, -0.15) is 0 Å². The molecule has 0 aliphatic rings. The number of fused-ring (bicyclic) bond motifs is 1. The molecule has 3 aromatic rings. The van der Waals surface area contributed by atoms with Gasteiger partial charge in [0.2, 0.25) is 5.91 Å². The van der Waals surface area contributed by atoms with Gasteiger partial charge in [0.05, 0.1) is 11.7 Å². The Labute approximate surface area is 146 Å². The van der Waals surface area contributed by atoms with Crippen molar-refractivity contribution in [2.75, 3.05) is 10.6 Å². The Morgan fingerprint density at radius 2 is 1.96 bits per heavy atom. The first-order chi connectivity index (χ1) is 12.0. The molecule has 0 atom stereocenters. The van der Waals surface area contributed by atoms with Crippen molar-refractivity contribution in [3.8, 4) is 0 Å². The van der Waals surface area contributed by atoms with E-state index in [1.807, 2.05) is 5.38 Å². The van der Waals surface area contributed by atoms with Crippen molar-refractivity contribution < 1.29 is 9.59 Å². The largest absolute Gasteiger partial charge is 0.351 e. The zero-order chi connectivity index (χ0) is 17.8. The van der Waals surface area contributed by atoms with Gasteiger partial charge in [-0.25, -0.2) is 9.78 Å². The lowest BCUT2D eigenvalue weighted by atomic mass is 10.2. The Hall–Kier alpha value is -3.20. The van der Waals surface area contributed by atoms with Crippen LogP contribution in [0.2, 0.25) is 0 Å². The highest BCUT2D eigenvalue weighted by atomic mass is 32.1. The molecule has 2 heterocycles. The third-order valence-electron chi connectivity index (χ3n) is 3.44. The van der Waals surface area contributed by atoms with Gasteiger partial charge in [-0.15, -0.1) is 11.3 Å². The Balaban J connectivity index is 1.63. The topological polar surface area (TPSA) is 119 Å². The Morgan fingerprint density at radius 3 is 2.72 bits per heavy atom. The molecule has 8 nitrogen and oxygen atoms in total. The van der Waals surface area contributed by atoms with Gasteiger partial charge in [-0.05, 0) is 29.6 Å². The molecule has 1 aromatic carbocycles. The highest BCUT2D eigenvalue weighted by Gasteiger charge is 2.08. The Bertz CT molecular complexity index is 995. The summed E-state index contributed by atoms with van der Waals surface area (Å²) in [7, 11) is 0. The maximum absolute atomic E-state index is 12.3. The van der Waals surface area contributed by atoms with E-state index in [1.54, 1.807) is 30.3 Å². The lowest BCUT2D eigenvalue weighted by Gasteiger charge is -2.08. The first kappa shape index (κ1) is 16.7. The number of amides is 3. The second kappa shape index (κ2) is 7.14. The number of rotatable bonds is 5. The number of carbonyl (C=O) groups is 2. The SMILES string of the molecule is NC(=O)Nc1cccc(NC(=O)CCn2cnc3sccc3c2=O)c1. The highest BCUT2D eigenvalue weighted by molar-refractivity contribution is 7.16. The minimum atomic E-state index is -0.681. The Morgan fingerprint density at radius 1 is 1.20 bits per heavy atom. The lowest BCUT2D eigenvalue weighted by Crippen LogP contribution is -2.23. The summed E-state index contributed by atoms with van der Waals surface area (Å²) in [6.45, 7) is 0.225. The van der Waals surface area contributed by atoms with E-state index in [9.17, 15) is 14.4 Å². The second-order valence-electron chi connectivity index (χ2n) is 5.25. The molecule has 0 aliphatic heterocycles. The number of nitrogens with two attached hydrogens (primary N) is 1. The fourth-order valence-corrected chi connectivity index (χ4v) is 3.04. The van der Waals surface area contributed by atoms with Crippen LogP contribution in [0.1, 0.15) is 6.42 Å². The number of benzene rings is 1. The molecule has 0 spiro atoms. The Kier molecular flexibility index (Phi) is 4.75. The predicted molar refractivity (Wildman–Crippen MR) is 96.8 cm³/mol. The summed E-state index contributed by atoms with van der Waals surface area (Å²) in [6, 6.07) is 7.66. The number of carbonyl (C=O) groups excluding carboxylic acids is 2. The number of aryl methyl sites for hydroxylation is 1. The quantitative estimate of drug-likeness (QED) is 0.647. The van der Waals surface area contributed by atoms with Crippen LogP contribution in [0.4, 0.5) is 16.2 Å². The number of thiophene rings is 1. The van der Waals surface area contributed by atoms with Crippen molar-refractivity contribution in [1.82, 2.24) is 9.55 Å². The van der Waals surface area contributed by atoms with E-state index in [4.69, 9.17) is 5.73 Å². The molecule has 9 heteroatoms. The average Bonchev–Trinajstić information content (AvgIpc) is 3.03. The van der Waals surface area contributed by atoms with Crippen LogP contribution in [-0.4, -0.2) is 21.5 Å². The molecule has 4 N–H and O–H groups in total. The number of hydrogen-bond acceptors (Lipinski definition) is 5. The van der Waals surface area contributed by atoms with Crippen LogP contribution < -0.4 is 21.9 Å². The summed E-state index contributed by atoms with van der Waals surface area (Å²) in [4.78, 5) is 40.1. The summed E-state index contributed by atoms with van der Waals surface area (Å²) < 4.78 is 1.42. The van der Waals surface area contributed by atoms with Gasteiger partial charge in [0.15, 0.2) is 0 Å². The van der Waals surface area contributed by atoms with Gasteiger partial charge >= 0.3 is 6.03 Å². The van der Waals surface area contributed by atoms with E-state index in [1.165, 1.54) is 22.2 Å². The third-order valence-corrected chi connectivity index (χ3v) is 4.26. The van der Waals surface area contributed by atoms with Gasteiger partial charge in [0.25, 0.3) is 5.56 Å². The van der Waals surface area contributed by atoms with Crippen molar-refractivity contribution in [1.29, 1.82) is 0 Å². The van der Waals surface area contributed by atoms with Crippen molar-refractivity contribution in [3.05, 3.63) is 52.4 Å². The van der Waals surface area contributed by atoms with Gasteiger partial charge in [0.1, 0.15) is 4.83 Å². The van der Waals surface area contributed by atoms with Crippen molar-refractivity contribution in [2.45, 2.75) is 13.0 Å². The number of nitrogens with zero attached hydrogens (tertiary/aromatic N) is 2. The molecule has 3 amide bonds. The standard InChI is InChI=1S/C16H15N5O3S/c17-16(24)20-11-3-1-2-10(8-11)19-13(22)4-6-21-9-18-14-12(15(21)23)5-7-25-14/h1-3,5,7-9H,4,6H2,(H,19,22)(H3,17,20,24). The van der Waals surface area contributed by atoms with E-state index in [0.29, 0.717) is 21.6 Å². The molecule has 0 saturated heterocycles. The fraction of sp³-hybridized carbons (Fsp3) is 0.125.